The van der Waals surface area contributed by atoms with Crippen LogP contribution in [0.3, 0.4) is 0 Å². The molecule has 0 fully saturated rings. The van der Waals surface area contributed by atoms with E-state index in [1.807, 2.05) is 0 Å². The lowest BCUT2D eigenvalue weighted by Crippen LogP contribution is -2.28. The highest BCUT2D eigenvalue weighted by Crippen LogP contribution is 2.31. The molecule has 0 spiro atoms. The molecule has 0 unspecified atom stereocenters. The molecular weight excluding hydrogens is 287 g/mol. The Kier molecular flexibility index (Phi) is 2.96. The molecule has 0 aromatic heterocycles. The van der Waals surface area contributed by atoms with Crippen molar-refractivity contribution in [3.05, 3.63) is 28.8 Å². The van der Waals surface area contributed by atoms with Gasteiger partial charge < -0.3 is 9.50 Å². The largest absolute Gasteiger partial charge is 0.534 e. The number of hydrogen-bond acceptors (Lipinski definition) is 4. The molecule has 0 saturated carbocycles. The zero-order valence-corrected chi connectivity index (χ0v) is 10.4. The lowest BCUT2D eigenvalue weighted by atomic mass is 10.1. The Balaban J connectivity index is 2.43. The molecule has 5 nitrogen and oxygen atoms in total. The van der Waals surface area contributed by atoms with Gasteiger partial charge in [-0.2, -0.15) is 21.6 Å². The first-order valence-electron chi connectivity index (χ1n) is 5.04. The van der Waals surface area contributed by atoms with Crippen LogP contribution in [0, 0.1) is 6.92 Å². The molecule has 1 amide bonds. The summed E-state index contributed by atoms with van der Waals surface area (Å²) in [7, 11) is -5.74. The zero-order valence-electron chi connectivity index (χ0n) is 9.54. The molecular formula is C10H8F3NO4S. The van der Waals surface area contributed by atoms with Crippen molar-refractivity contribution in [2.45, 2.75) is 19.0 Å². The molecule has 9 heteroatoms. The zero-order chi connectivity index (χ0) is 14.4. The maximum absolute atomic E-state index is 12.2. The third-order valence-electron chi connectivity index (χ3n) is 2.57. The number of amides is 1. The van der Waals surface area contributed by atoms with Gasteiger partial charge >= 0.3 is 15.6 Å². The highest BCUT2D eigenvalue weighted by atomic mass is 32.2. The van der Waals surface area contributed by atoms with Gasteiger partial charge in [0.15, 0.2) is 0 Å². The number of alkyl halides is 3. The average molecular weight is 295 g/mol. The molecule has 0 aliphatic carbocycles. The van der Waals surface area contributed by atoms with Gasteiger partial charge in [-0.25, -0.2) is 0 Å². The normalized spacial score (nSPS) is 15.1. The lowest BCUT2D eigenvalue weighted by Gasteiger charge is -2.12. The highest BCUT2D eigenvalue weighted by molar-refractivity contribution is 7.88. The number of nitrogens with one attached hydrogen (secondary N) is 1. The van der Waals surface area contributed by atoms with Crippen molar-refractivity contribution in [1.82, 2.24) is 5.32 Å². The smallest absolute Gasteiger partial charge is 0.376 e. The maximum atomic E-state index is 12.2. The van der Waals surface area contributed by atoms with Gasteiger partial charge in [-0.15, -0.1) is 0 Å². The molecule has 1 N–H and O–H groups in total. The number of rotatable bonds is 2. The second-order valence-corrected chi connectivity index (χ2v) is 5.48. The molecule has 0 saturated heterocycles. The van der Waals surface area contributed by atoms with Crippen molar-refractivity contribution in [3.8, 4) is 5.75 Å². The van der Waals surface area contributed by atoms with E-state index in [0.29, 0.717) is 5.56 Å². The monoisotopic (exact) mass is 295 g/mol. The fourth-order valence-corrected chi connectivity index (χ4v) is 2.14. The van der Waals surface area contributed by atoms with E-state index in [0.717, 1.165) is 6.07 Å². The Bertz CT molecular complexity index is 651. The first kappa shape index (κ1) is 13.7. The Morgan fingerprint density at radius 3 is 2.53 bits per heavy atom. The number of fused-ring (bicyclic) bond motifs is 1. The van der Waals surface area contributed by atoms with E-state index < -0.39 is 27.3 Å². The fraction of sp³-hybridized carbons (Fsp3) is 0.300. The quantitative estimate of drug-likeness (QED) is 0.662. The summed E-state index contributed by atoms with van der Waals surface area (Å²) in [5.74, 6) is -0.989. The Hall–Kier alpha value is -1.77. The van der Waals surface area contributed by atoms with E-state index in [1.165, 1.54) is 13.0 Å². The summed E-state index contributed by atoms with van der Waals surface area (Å²) >= 11 is 0. The molecule has 1 heterocycles. The van der Waals surface area contributed by atoms with Gasteiger partial charge in [-0.3, -0.25) is 4.79 Å². The van der Waals surface area contributed by atoms with Gasteiger partial charge in [0.2, 0.25) is 0 Å². The van der Waals surface area contributed by atoms with E-state index in [4.69, 9.17) is 0 Å². The number of carbonyl (C=O) groups excluding carboxylic acids is 1. The topological polar surface area (TPSA) is 72.5 Å². The summed E-state index contributed by atoms with van der Waals surface area (Å²) in [4.78, 5) is 11.4. The first-order valence-corrected chi connectivity index (χ1v) is 6.45. The minimum Gasteiger partial charge on any atom is -0.376 e. The fourth-order valence-electron chi connectivity index (χ4n) is 1.63. The summed E-state index contributed by atoms with van der Waals surface area (Å²) in [6.07, 6.45) is 0. The second kappa shape index (κ2) is 4.12. The van der Waals surface area contributed by atoms with E-state index >= 15 is 0 Å². The van der Waals surface area contributed by atoms with Crippen LogP contribution in [0.25, 0.3) is 0 Å². The van der Waals surface area contributed by atoms with Gasteiger partial charge in [-0.1, -0.05) is 0 Å². The van der Waals surface area contributed by atoms with Crippen LogP contribution in [-0.2, 0) is 16.7 Å². The van der Waals surface area contributed by atoms with Crippen LogP contribution in [0.4, 0.5) is 13.2 Å². The van der Waals surface area contributed by atoms with Gasteiger partial charge in [0.1, 0.15) is 5.75 Å². The summed E-state index contributed by atoms with van der Waals surface area (Å²) in [6.45, 7) is 1.64. The van der Waals surface area contributed by atoms with Crippen molar-refractivity contribution in [2.24, 2.45) is 0 Å². The van der Waals surface area contributed by atoms with Gasteiger partial charge in [0.25, 0.3) is 5.91 Å². The van der Waals surface area contributed by atoms with Crippen molar-refractivity contribution < 1.29 is 30.6 Å². The van der Waals surface area contributed by atoms with Crippen LogP contribution < -0.4 is 9.50 Å². The molecule has 0 radical (unpaired) electrons. The molecule has 2 rings (SSSR count). The summed E-state index contributed by atoms with van der Waals surface area (Å²) < 4.78 is 62.5. The molecule has 1 aromatic rings. The van der Waals surface area contributed by atoms with E-state index in [2.05, 4.69) is 9.50 Å². The molecule has 0 atom stereocenters. The Morgan fingerprint density at radius 2 is 1.95 bits per heavy atom. The Morgan fingerprint density at radius 1 is 1.32 bits per heavy atom. The van der Waals surface area contributed by atoms with Gasteiger partial charge in [0, 0.05) is 12.1 Å². The van der Waals surface area contributed by atoms with Crippen molar-refractivity contribution in [3.63, 3.8) is 0 Å². The summed E-state index contributed by atoms with van der Waals surface area (Å²) in [5, 5.41) is 2.47. The van der Waals surface area contributed by atoms with Crippen molar-refractivity contribution >= 4 is 16.0 Å². The standard InChI is InChI=1S/C10H8F3NO4S/c1-5-2-6-4-14-9(15)7(6)3-8(5)18-19(16,17)10(11,12)13/h2-3H,4H2,1H3,(H,14,15). The van der Waals surface area contributed by atoms with E-state index in [9.17, 15) is 26.4 Å². The average Bonchev–Trinajstić information content (AvgIpc) is 2.59. The SMILES string of the molecule is Cc1cc2c(cc1OS(=O)(=O)C(F)(F)F)C(=O)NC2. The van der Waals surface area contributed by atoms with Crippen LogP contribution in [0.15, 0.2) is 12.1 Å². The minimum atomic E-state index is -5.74. The molecule has 1 aromatic carbocycles. The molecule has 104 valence electrons. The molecule has 0 bridgehead atoms. The van der Waals surface area contributed by atoms with Gasteiger partial charge in [-0.05, 0) is 30.2 Å². The Labute approximate surface area is 106 Å². The van der Waals surface area contributed by atoms with Gasteiger partial charge in [0.05, 0.1) is 0 Å². The predicted molar refractivity (Wildman–Crippen MR) is 58.0 cm³/mol. The van der Waals surface area contributed by atoms with E-state index in [1.54, 1.807) is 0 Å². The number of halogens is 3. The third kappa shape index (κ3) is 2.37. The van der Waals surface area contributed by atoms with Crippen LogP contribution >= 0.6 is 0 Å². The maximum Gasteiger partial charge on any atom is 0.534 e. The number of carbonyl (C=O) groups is 1. The summed E-state index contributed by atoms with van der Waals surface area (Å²) in [6, 6.07) is 2.41. The van der Waals surface area contributed by atoms with Crippen LogP contribution in [-0.4, -0.2) is 19.8 Å². The number of hydrogen-bond donors (Lipinski definition) is 1. The minimum absolute atomic E-state index is 0.109. The van der Waals surface area contributed by atoms with Crippen molar-refractivity contribution in [2.75, 3.05) is 0 Å². The lowest BCUT2D eigenvalue weighted by molar-refractivity contribution is -0.0500. The summed E-state index contributed by atoms with van der Waals surface area (Å²) in [5.41, 5.74) is -4.62. The highest BCUT2D eigenvalue weighted by Gasteiger charge is 2.48. The van der Waals surface area contributed by atoms with Crippen LogP contribution in [0.5, 0.6) is 5.75 Å². The predicted octanol–water partition coefficient (Wildman–Crippen LogP) is 1.47. The molecule has 1 aliphatic rings. The second-order valence-electron chi connectivity index (χ2n) is 3.94. The van der Waals surface area contributed by atoms with Crippen LogP contribution in [0.2, 0.25) is 0 Å². The van der Waals surface area contributed by atoms with Crippen molar-refractivity contribution in [1.29, 1.82) is 0 Å². The van der Waals surface area contributed by atoms with E-state index in [-0.39, 0.29) is 17.7 Å². The third-order valence-corrected chi connectivity index (χ3v) is 3.53. The number of benzene rings is 1. The molecule has 1 aliphatic heterocycles. The first-order chi connectivity index (χ1) is 8.62. The number of aryl methyl sites for hydroxylation is 1. The molecule has 19 heavy (non-hydrogen) atoms. The van der Waals surface area contributed by atoms with Crippen LogP contribution in [0.1, 0.15) is 21.5 Å².